The molecule has 0 aromatic carbocycles. The summed E-state index contributed by atoms with van der Waals surface area (Å²) in [5, 5.41) is 8.11. The molecule has 1 aliphatic rings. The van der Waals surface area contributed by atoms with Gasteiger partial charge in [0.15, 0.2) is 0 Å². The minimum Gasteiger partial charge on any atom is -0.334 e. The van der Waals surface area contributed by atoms with E-state index in [2.05, 4.69) is 22.5 Å². The highest BCUT2D eigenvalue weighted by atomic mass is 16.2. The Bertz CT molecular complexity index is 314. The summed E-state index contributed by atoms with van der Waals surface area (Å²) in [4.78, 5) is 24.8. The Morgan fingerprint density at radius 3 is 2.74 bits per heavy atom. The van der Waals surface area contributed by atoms with Crippen molar-refractivity contribution in [2.75, 3.05) is 39.8 Å². The number of piperidine rings is 1. The van der Waals surface area contributed by atoms with Crippen LogP contribution < -0.4 is 16.0 Å². The van der Waals surface area contributed by atoms with Crippen LogP contribution >= 0.6 is 0 Å². The van der Waals surface area contributed by atoms with Crippen LogP contribution in [0.2, 0.25) is 0 Å². The summed E-state index contributed by atoms with van der Waals surface area (Å²) < 4.78 is 0. The van der Waals surface area contributed by atoms with E-state index >= 15 is 0 Å². The van der Waals surface area contributed by atoms with E-state index in [1.807, 2.05) is 11.9 Å². The van der Waals surface area contributed by atoms with Gasteiger partial charge in [-0.25, -0.2) is 4.79 Å². The van der Waals surface area contributed by atoms with E-state index < -0.39 is 6.03 Å². The van der Waals surface area contributed by atoms with Gasteiger partial charge in [-0.3, -0.25) is 15.0 Å². The first-order valence-electron chi connectivity index (χ1n) is 6.69. The second-order valence-corrected chi connectivity index (χ2v) is 4.94. The highest BCUT2D eigenvalue weighted by Crippen LogP contribution is 2.12. The second-order valence-electron chi connectivity index (χ2n) is 4.94. The lowest BCUT2D eigenvalue weighted by atomic mass is 9.98. The van der Waals surface area contributed by atoms with Gasteiger partial charge in [-0.2, -0.15) is 0 Å². The number of urea groups is 1. The molecule has 0 atom stereocenters. The van der Waals surface area contributed by atoms with Gasteiger partial charge in [0.25, 0.3) is 0 Å². The van der Waals surface area contributed by atoms with Crippen molar-refractivity contribution in [3.05, 3.63) is 12.7 Å². The Morgan fingerprint density at radius 1 is 1.42 bits per heavy atom. The smallest absolute Gasteiger partial charge is 0.321 e. The van der Waals surface area contributed by atoms with E-state index in [0.29, 0.717) is 12.5 Å². The zero-order chi connectivity index (χ0) is 14.1. The van der Waals surface area contributed by atoms with E-state index in [1.165, 1.54) is 0 Å². The maximum atomic E-state index is 11.6. The normalized spacial score (nSPS) is 16.1. The van der Waals surface area contributed by atoms with Crippen molar-refractivity contribution < 1.29 is 9.59 Å². The van der Waals surface area contributed by atoms with Gasteiger partial charge in [-0.15, -0.1) is 6.58 Å². The predicted octanol–water partition coefficient (Wildman–Crippen LogP) is -0.0704. The molecule has 1 aliphatic heterocycles. The third kappa shape index (κ3) is 6.93. The lowest BCUT2D eigenvalue weighted by molar-refractivity contribution is -0.121. The number of rotatable bonds is 6. The van der Waals surface area contributed by atoms with Gasteiger partial charge in [0, 0.05) is 13.1 Å². The molecule has 0 aliphatic carbocycles. The molecule has 1 fully saturated rings. The van der Waals surface area contributed by atoms with Crippen LogP contribution in [0.1, 0.15) is 12.8 Å². The predicted molar refractivity (Wildman–Crippen MR) is 74.8 cm³/mol. The van der Waals surface area contributed by atoms with Crippen LogP contribution in [0.5, 0.6) is 0 Å². The number of likely N-dealkylation sites (N-methyl/N-ethyl adjacent to an activating group) is 1. The molecule has 1 rings (SSSR count). The summed E-state index contributed by atoms with van der Waals surface area (Å²) in [7, 11) is 1.91. The number of nitrogens with one attached hydrogen (secondary N) is 3. The second kappa shape index (κ2) is 8.66. The first kappa shape index (κ1) is 15.7. The average molecular weight is 268 g/mol. The molecule has 0 saturated carbocycles. The summed E-state index contributed by atoms with van der Waals surface area (Å²) in [6.45, 7) is 7.07. The number of amides is 3. The Kier molecular flexibility index (Phi) is 7.14. The van der Waals surface area contributed by atoms with E-state index in [1.54, 1.807) is 6.08 Å². The van der Waals surface area contributed by atoms with Crippen LogP contribution in [-0.4, -0.2) is 56.6 Å². The molecule has 0 bridgehead atoms. The van der Waals surface area contributed by atoms with Gasteiger partial charge >= 0.3 is 6.03 Å². The molecule has 0 radical (unpaired) electrons. The van der Waals surface area contributed by atoms with E-state index in [0.717, 1.165) is 32.5 Å². The lowest BCUT2D eigenvalue weighted by Gasteiger charge is -2.27. The first-order chi connectivity index (χ1) is 9.11. The van der Waals surface area contributed by atoms with Crippen molar-refractivity contribution in [1.82, 2.24) is 20.9 Å². The zero-order valence-electron chi connectivity index (χ0n) is 11.6. The number of carbonyl (C=O) groups is 2. The fourth-order valence-corrected chi connectivity index (χ4v) is 2.19. The Labute approximate surface area is 114 Å². The van der Waals surface area contributed by atoms with Gasteiger partial charge < -0.3 is 10.6 Å². The molecule has 1 heterocycles. The number of nitrogens with zero attached hydrogens (tertiary/aromatic N) is 1. The molecule has 6 heteroatoms. The van der Waals surface area contributed by atoms with Crippen molar-refractivity contribution in [2.45, 2.75) is 12.8 Å². The van der Waals surface area contributed by atoms with Gasteiger partial charge in [0.2, 0.25) is 5.91 Å². The molecule has 3 N–H and O–H groups in total. The monoisotopic (exact) mass is 268 g/mol. The van der Waals surface area contributed by atoms with Gasteiger partial charge in [0.05, 0.1) is 6.54 Å². The number of imide groups is 1. The van der Waals surface area contributed by atoms with E-state index in [4.69, 9.17) is 0 Å². The van der Waals surface area contributed by atoms with Crippen LogP contribution in [-0.2, 0) is 4.79 Å². The maximum Gasteiger partial charge on any atom is 0.321 e. The molecule has 0 spiro atoms. The molecule has 19 heavy (non-hydrogen) atoms. The third-order valence-corrected chi connectivity index (χ3v) is 3.10. The number of hydrogen-bond donors (Lipinski definition) is 3. The third-order valence-electron chi connectivity index (χ3n) is 3.10. The van der Waals surface area contributed by atoms with Crippen LogP contribution in [0.25, 0.3) is 0 Å². The minimum absolute atomic E-state index is 0.242. The molecular weight excluding hydrogens is 244 g/mol. The Morgan fingerprint density at radius 2 is 2.11 bits per heavy atom. The van der Waals surface area contributed by atoms with E-state index in [-0.39, 0.29) is 12.5 Å². The molecule has 108 valence electrons. The summed E-state index contributed by atoms with van der Waals surface area (Å²) in [5.41, 5.74) is 0. The molecular formula is C13H24N4O2. The summed E-state index contributed by atoms with van der Waals surface area (Å²) in [5.74, 6) is 0.353. The zero-order valence-corrected chi connectivity index (χ0v) is 11.6. The number of hydrogen-bond acceptors (Lipinski definition) is 4. The van der Waals surface area contributed by atoms with Crippen LogP contribution in [0.15, 0.2) is 12.7 Å². The Balaban J connectivity index is 2.19. The van der Waals surface area contributed by atoms with Crippen molar-refractivity contribution in [1.29, 1.82) is 0 Å². The molecule has 0 aromatic heterocycles. The minimum atomic E-state index is -0.472. The van der Waals surface area contributed by atoms with Gasteiger partial charge in [0.1, 0.15) is 0 Å². The average Bonchev–Trinajstić information content (AvgIpc) is 2.37. The summed E-state index contributed by atoms with van der Waals surface area (Å²) in [6, 6.07) is -0.472. The molecule has 0 unspecified atom stereocenters. The van der Waals surface area contributed by atoms with Crippen LogP contribution in [0.3, 0.4) is 0 Å². The van der Waals surface area contributed by atoms with Crippen molar-refractivity contribution in [2.24, 2.45) is 5.92 Å². The number of carbonyl (C=O) groups excluding carboxylic acids is 2. The molecule has 6 nitrogen and oxygen atoms in total. The quantitative estimate of drug-likeness (QED) is 0.590. The highest BCUT2D eigenvalue weighted by molar-refractivity contribution is 5.95. The van der Waals surface area contributed by atoms with Crippen molar-refractivity contribution in [3.63, 3.8) is 0 Å². The SMILES string of the molecule is C=CCNC(=O)NC(=O)CN(C)CC1CCNCC1. The highest BCUT2D eigenvalue weighted by Gasteiger charge is 2.17. The van der Waals surface area contributed by atoms with Crippen LogP contribution in [0.4, 0.5) is 4.79 Å². The topological polar surface area (TPSA) is 73.5 Å². The fourth-order valence-electron chi connectivity index (χ4n) is 2.19. The van der Waals surface area contributed by atoms with E-state index in [9.17, 15) is 9.59 Å². The van der Waals surface area contributed by atoms with Gasteiger partial charge in [-0.05, 0) is 38.9 Å². The standard InChI is InChI=1S/C13H24N4O2/c1-3-6-15-13(19)16-12(18)10-17(2)9-11-4-7-14-8-5-11/h3,11,14H,1,4-10H2,2H3,(H2,15,16,18,19). The van der Waals surface area contributed by atoms with Crippen LogP contribution in [0, 0.1) is 5.92 Å². The van der Waals surface area contributed by atoms with Crippen molar-refractivity contribution in [3.8, 4) is 0 Å². The maximum absolute atomic E-state index is 11.6. The lowest BCUT2D eigenvalue weighted by Crippen LogP contribution is -2.45. The summed E-state index contributed by atoms with van der Waals surface area (Å²) in [6.07, 6.45) is 3.85. The fraction of sp³-hybridized carbons (Fsp3) is 0.692. The largest absolute Gasteiger partial charge is 0.334 e. The van der Waals surface area contributed by atoms with Gasteiger partial charge in [-0.1, -0.05) is 6.08 Å². The molecule has 0 aromatic rings. The molecule has 1 saturated heterocycles. The Hall–Kier alpha value is -1.40. The first-order valence-corrected chi connectivity index (χ1v) is 6.69. The molecule has 3 amide bonds. The summed E-state index contributed by atoms with van der Waals surface area (Å²) >= 11 is 0. The van der Waals surface area contributed by atoms with Crippen molar-refractivity contribution >= 4 is 11.9 Å².